The van der Waals surface area contributed by atoms with Gasteiger partial charge >= 0.3 is 0 Å². The van der Waals surface area contributed by atoms with Gasteiger partial charge in [0.2, 0.25) is 0 Å². The Balaban J connectivity index is 2.17. The molecule has 2 rings (SSSR count). The summed E-state index contributed by atoms with van der Waals surface area (Å²) in [6.45, 7) is 2.40. The lowest BCUT2D eigenvalue weighted by Gasteiger charge is -2.18. The molecule has 0 saturated heterocycles. The first-order valence-corrected chi connectivity index (χ1v) is 6.18. The number of benzene rings is 1. The molecular formula is C15H18FN3. The molecule has 0 saturated carbocycles. The Morgan fingerprint density at radius 3 is 2.79 bits per heavy atom. The van der Waals surface area contributed by atoms with Crippen LogP contribution in [0.3, 0.4) is 0 Å². The SMILES string of the molecule is Cc1ccc(F)c(CNc2cnccc2N(C)C)c1. The summed E-state index contributed by atoms with van der Waals surface area (Å²) >= 11 is 0. The zero-order valence-electron chi connectivity index (χ0n) is 11.4. The summed E-state index contributed by atoms with van der Waals surface area (Å²) in [5.41, 5.74) is 3.64. The second kappa shape index (κ2) is 5.69. The van der Waals surface area contributed by atoms with E-state index in [0.29, 0.717) is 12.1 Å². The first kappa shape index (κ1) is 13.3. The van der Waals surface area contributed by atoms with E-state index in [1.54, 1.807) is 18.5 Å². The van der Waals surface area contributed by atoms with Crippen molar-refractivity contribution in [3.05, 3.63) is 53.6 Å². The molecule has 0 fully saturated rings. The monoisotopic (exact) mass is 259 g/mol. The Morgan fingerprint density at radius 2 is 2.05 bits per heavy atom. The molecule has 100 valence electrons. The van der Waals surface area contributed by atoms with E-state index in [2.05, 4.69) is 10.3 Å². The summed E-state index contributed by atoms with van der Waals surface area (Å²) in [5, 5.41) is 3.23. The van der Waals surface area contributed by atoms with Crippen LogP contribution in [0.15, 0.2) is 36.7 Å². The molecule has 0 aliphatic carbocycles. The molecule has 19 heavy (non-hydrogen) atoms. The van der Waals surface area contributed by atoms with Gasteiger partial charge in [0.15, 0.2) is 0 Å². The van der Waals surface area contributed by atoms with Crippen molar-refractivity contribution >= 4 is 11.4 Å². The standard InChI is InChI=1S/C15H18FN3/c1-11-4-5-13(16)12(8-11)9-18-14-10-17-7-6-15(14)19(2)3/h4-8,10,18H,9H2,1-3H3. The van der Waals surface area contributed by atoms with Gasteiger partial charge in [-0.05, 0) is 19.1 Å². The fourth-order valence-electron chi connectivity index (χ4n) is 1.94. The molecule has 0 aliphatic heterocycles. The number of rotatable bonds is 4. The summed E-state index contributed by atoms with van der Waals surface area (Å²) in [7, 11) is 3.93. The van der Waals surface area contributed by atoms with Crippen molar-refractivity contribution in [1.29, 1.82) is 0 Å². The number of hydrogen-bond acceptors (Lipinski definition) is 3. The number of anilines is 2. The fraction of sp³-hybridized carbons (Fsp3) is 0.267. The number of pyridine rings is 1. The second-order valence-corrected chi connectivity index (χ2v) is 4.74. The molecule has 2 aromatic rings. The first-order chi connectivity index (χ1) is 9.08. The van der Waals surface area contributed by atoms with Gasteiger partial charge in [-0.1, -0.05) is 17.7 Å². The van der Waals surface area contributed by atoms with Crippen LogP contribution in [0.2, 0.25) is 0 Å². The fourth-order valence-corrected chi connectivity index (χ4v) is 1.94. The summed E-state index contributed by atoms with van der Waals surface area (Å²) < 4.78 is 13.7. The number of aromatic nitrogens is 1. The molecule has 1 aromatic carbocycles. The Hall–Kier alpha value is -2.10. The normalized spacial score (nSPS) is 10.3. The van der Waals surface area contributed by atoms with E-state index < -0.39 is 0 Å². The van der Waals surface area contributed by atoms with Gasteiger partial charge in [0.25, 0.3) is 0 Å². The minimum Gasteiger partial charge on any atom is -0.378 e. The molecule has 0 radical (unpaired) electrons. The van der Waals surface area contributed by atoms with Crippen molar-refractivity contribution in [2.75, 3.05) is 24.3 Å². The van der Waals surface area contributed by atoms with E-state index in [4.69, 9.17) is 0 Å². The van der Waals surface area contributed by atoms with Crippen molar-refractivity contribution in [3.8, 4) is 0 Å². The lowest BCUT2D eigenvalue weighted by molar-refractivity contribution is 0.612. The smallest absolute Gasteiger partial charge is 0.128 e. The van der Waals surface area contributed by atoms with Crippen molar-refractivity contribution in [1.82, 2.24) is 4.98 Å². The molecule has 0 atom stereocenters. The predicted octanol–water partition coefficient (Wildman–Crippen LogP) is 3.21. The van der Waals surface area contributed by atoms with E-state index in [1.807, 2.05) is 38.1 Å². The minimum atomic E-state index is -0.187. The largest absolute Gasteiger partial charge is 0.378 e. The van der Waals surface area contributed by atoms with Crippen LogP contribution in [0, 0.1) is 12.7 Å². The van der Waals surface area contributed by atoms with E-state index in [9.17, 15) is 4.39 Å². The third kappa shape index (κ3) is 3.22. The van der Waals surface area contributed by atoms with Gasteiger partial charge in [0.1, 0.15) is 5.82 Å². The first-order valence-electron chi connectivity index (χ1n) is 6.18. The van der Waals surface area contributed by atoms with Crippen LogP contribution in [0.4, 0.5) is 15.8 Å². The molecule has 0 amide bonds. The van der Waals surface area contributed by atoms with Gasteiger partial charge in [0.05, 0.1) is 17.6 Å². The third-order valence-corrected chi connectivity index (χ3v) is 2.95. The Bertz CT molecular complexity index is 567. The van der Waals surface area contributed by atoms with Crippen LogP contribution in [0.1, 0.15) is 11.1 Å². The highest BCUT2D eigenvalue weighted by Gasteiger charge is 2.06. The van der Waals surface area contributed by atoms with Crippen LogP contribution in [0.25, 0.3) is 0 Å². The highest BCUT2D eigenvalue weighted by atomic mass is 19.1. The van der Waals surface area contributed by atoms with E-state index in [1.165, 1.54) is 6.07 Å². The maximum atomic E-state index is 13.7. The topological polar surface area (TPSA) is 28.2 Å². The van der Waals surface area contributed by atoms with Crippen LogP contribution < -0.4 is 10.2 Å². The zero-order valence-corrected chi connectivity index (χ0v) is 11.4. The van der Waals surface area contributed by atoms with Gasteiger partial charge in [-0.2, -0.15) is 0 Å². The zero-order chi connectivity index (χ0) is 13.8. The number of nitrogens with zero attached hydrogens (tertiary/aromatic N) is 2. The van der Waals surface area contributed by atoms with Crippen molar-refractivity contribution in [3.63, 3.8) is 0 Å². The van der Waals surface area contributed by atoms with Crippen molar-refractivity contribution in [2.45, 2.75) is 13.5 Å². The lowest BCUT2D eigenvalue weighted by Crippen LogP contribution is -2.12. The Kier molecular flexibility index (Phi) is 4.00. The quantitative estimate of drug-likeness (QED) is 0.914. The van der Waals surface area contributed by atoms with Crippen LogP contribution >= 0.6 is 0 Å². The number of hydrogen-bond donors (Lipinski definition) is 1. The van der Waals surface area contributed by atoms with E-state index in [-0.39, 0.29) is 5.82 Å². The average Bonchev–Trinajstić information content (AvgIpc) is 2.40. The number of halogens is 1. The Morgan fingerprint density at radius 1 is 1.26 bits per heavy atom. The average molecular weight is 259 g/mol. The van der Waals surface area contributed by atoms with Gasteiger partial charge in [-0.15, -0.1) is 0 Å². The van der Waals surface area contributed by atoms with Crippen LogP contribution in [-0.2, 0) is 6.54 Å². The summed E-state index contributed by atoms with van der Waals surface area (Å²) in [6, 6.07) is 7.06. The third-order valence-electron chi connectivity index (χ3n) is 2.95. The van der Waals surface area contributed by atoms with Gasteiger partial charge in [-0.25, -0.2) is 4.39 Å². The molecule has 0 aliphatic rings. The highest BCUT2D eigenvalue weighted by molar-refractivity contribution is 5.68. The van der Waals surface area contributed by atoms with Crippen LogP contribution in [-0.4, -0.2) is 19.1 Å². The van der Waals surface area contributed by atoms with Gasteiger partial charge < -0.3 is 10.2 Å². The lowest BCUT2D eigenvalue weighted by atomic mass is 10.1. The van der Waals surface area contributed by atoms with Crippen molar-refractivity contribution in [2.24, 2.45) is 0 Å². The molecule has 1 N–H and O–H groups in total. The van der Waals surface area contributed by atoms with E-state index in [0.717, 1.165) is 16.9 Å². The Labute approximate surface area is 113 Å². The maximum absolute atomic E-state index is 13.7. The van der Waals surface area contributed by atoms with E-state index >= 15 is 0 Å². The molecule has 1 aromatic heterocycles. The summed E-state index contributed by atoms with van der Waals surface area (Å²) in [4.78, 5) is 6.09. The molecule has 0 bridgehead atoms. The molecular weight excluding hydrogens is 241 g/mol. The summed E-state index contributed by atoms with van der Waals surface area (Å²) in [6.07, 6.45) is 3.50. The van der Waals surface area contributed by atoms with Crippen LogP contribution in [0.5, 0.6) is 0 Å². The molecule has 0 unspecified atom stereocenters. The molecule has 4 heteroatoms. The summed E-state index contributed by atoms with van der Waals surface area (Å²) in [5.74, 6) is -0.187. The van der Waals surface area contributed by atoms with Crippen molar-refractivity contribution < 1.29 is 4.39 Å². The van der Waals surface area contributed by atoms with Gasteiger partial charge in [0, 0.05) is 32.4 Å². The highest BCUT2D eigenvalue weighted by Crippen LogP contribution is 2.23. The van der Waals surface area contributed by atoms with Gasteiger partial charge in [-0.3, -0.25) is 4.98 Å². The molecule has 1 heterocycles. The number of aryl methyl sites for hydroxylation is 1. The molecule has 3 nitrogen and oxygen atoms in total. The predicted molar refractivity (Wildman–Crippen MR) is 77.0 cm³/mol. The second-order valence-electron chi connectivity index (χ2n) is 4.74. The molecule has 0 spiro atoms. The maximum Gasteiger partial charge on any atom is 0.128 e. The minimum absolute atomic E-state index is 0.187. The number of nitrogens with one attached hydrogen (secondary N) is 1.